The molecule has 3 rings (SSSR count). The number of nitro groups is 1. The summed E-state index contributed by atoms with van der Waals surface area (Å²) in [6, 6.07) is 6.32. The van der Waals surface area contributed by atoms with Crippen molar-refractivity contribution in [3.05, 3.63) is 68.2 Å². The van der Waals surface area contributed by atoms with Gasteiger partial charge in [-0.15, -0.1) is 0 Å². The molecular weight excluding hydrogens is 403 g/mol. The van der Waals surface area contributed by atoms with Crippen LogP contribution in [0.4, 0.5) is 16.0 Å². The molecule has 3 aromatic rings. The number of benzene rings is 1. The van der Waals surface area contributed by atoms with Crippen molar-refractivity contribution in [3.63, 3.8) is 0 Å². The normalized spacial score (nSPS) is 12.0. The fraction of sp³-hybridized carbons (Fsp3) is 0.278. The summed E-state index contributed by atoms with van der Waals surface area (Å²) in [5.74, 6) is -0.849. The van der Waals surface area contributed by atoms with E-state index in [1.807, 2.05) is 6.92 Å². The average Bonchev–Trinajstić information content (AvgIpc) is 3.19. The van der Waals surface area contributed by atoms with Gasteiger partial charge in [0.1, 0.15) is 11.9 Å². The average molecular weight is 421 g/mol. The first-order valence-electron chi connectivity index (χ1n) is 8.65. The minimum Gasteiger partial charge on any atom is -0.358 e. The van der Waals surface area contributed by atoms with Crippen LogP contribution in [0.25, 0.3) is 0 Å². The van der Waals surface area contributed by atoms with Gasteiger partial charge in [-0.1, -0.05) is 17.7 Å². The molecule has 2 aromatic heterocycles. The van der Waals surface area contributed by atoms with E-state index in [2.05, 4.69) is 15.5 Å². The van der Waals surface area contributed by atoms with E-state index in [-0.39, 0.29) is 10.8 Å². The van der Waals surface area contributed by atoms with Crippen molar-refractivity contribution in [2.75, 3.05) is 5.32 Å². The second-order valence-electron chi connectivity index (χ2n) is 6.58. The molecule has 0 aliphatic heterocycles. The number of halogens is 2. The van der Waals surface area contributed by atoms with Crippen LogP contribution in [0.15, 0.2) is 30.3 Å². The van der Waals surface area contributed by atoms with Gasteiger partial charge in [0, 0.05) is 16.8 Å². The van der Waals surface area contributed by atoms with Crippen molar-refractivity contribution in [1.82, 2.24) is 19.6 Å². The van der Waals surface area contributed by atoms with Gasteiger partial charge < -0.3 is 15.4 Å². The van der Waals surface area contributed by atoms with E-state index < -0.39 is 22.7 Å². The standard InChI is InChI=1S/C18H18ClFN6O3/c1-10-6-16(22-24(10)9-13-4-5-14(20)8-15(13)19)21-18(27)12(3)25-11(2)7-17(23-25)26(28)29/h4-8,12H,9H2,1-3H3,(H,21,22,27). The third-order valence-corrected chi connectivity index (χ3v) is 4.76. The topological polar surface area (TPSA) is 108 Å². The number of nitrogens with zero attached hydrogens (tertiary/aromatic N) is 5. The maximum atomic E-state index is 13.2. The predicted octanol–water partition coefficient (Wildman–Crippen LogP) is 3.65. The van der Waals surface area contributed by atoms with Crippen molar-refractivity contribution >= 4 is 29.1 Å². The molecule has 0 bridgehead atoms. The summed E-state index contributed by atoms with van der Waals surface area (Å²) in [5.41, 5.74) is 1.94. The van der Waals surface area contributed by atoms with E-state index in [1.165, 1.54) is 22.9 Å². The first kappa shape index (κ1) is 20.5. The molecule has 11 heteroatoms. The lowest BCUT2D eigenvalue weighted by Crippen LogP contribution is -2.25. The number of hydrogen-bond donors (Lipinski definition) is 1. The third-order valence-electron chi connectivity index (χ3n) is 4.41. The largest absolute Gasteiger partial charge is 0.390 e. The zero-order valence-electron chi connectivity index (χ0n) is 15.9. The van der Waals surface area contributed by atoms with Gasteiger partial charge in [0.25, 0.3) is 5.91 Å². The molecule has 0 spiro atoms. The van der Waals surface area contributed by atoms with E-state index in [9.17, 15) is 19.3 Å². The quantitative estimate of drug-likeness (QED) is 0.483. The maximum absolute atomic E-state index is 13.2. The summed E-state index contributed by atoms with van der Waals surface area (Å²) in [6.07, 6.45) is 0. The van der Waals surface area contributed by atoms with Crippen LogP contribution >= 0.6 is 11.6 Å². The molecule has 0 aliphatic rings. The molecule has 29 heavy (non-hydrogen) atoms. The summed E-state index contributed by atoms with van der Waals surface area (Å²) >= 11 is 6.06. The predicted molar refractivity (Wildman–Crippen MR) is 104 cm³/mol. The molecule has 1 aromatic carbocycles. The Morgan fingerprint density at radius 2 is 2.00 bits per heavy atom. The molecule has 1 N–H and O–H groups in total. The summed E-state index contributed by atoms with van der Waals surface area (Å²) in [6.45, 7) is 5.33. The lowest BCUT2D eigenvalue weighted by atomic mass is 10.2. The first-order chi connectivity index (χ1) is 13.7. The summed E-state index contributed by atoms with van der Waals surface area (Å²) in [7, 11) is 0. The molecule has 0 saturated carbocycles. The molecule has 1 atom stereocenters. The number of nitrogens with one attached hydrogen (secondary N) is 1. The number of aromatic nitrogens is 4. The van der Waals surface area contributed by atoms with Gasteiger partial charge in [0.15, 0.2) is 5.82 Å². The molecule has 9 nitrogen and oxygen atoms in total. The van der Waals surface area contributed by atoms with Crippen LogP contribution in [-0.4, -0.2) is 30.4 Å². The maximum Gasteiger partial charge on any atom is 0.390 e. The van der Waals surface area contributed by atoms with Gasteiger partial charge in [-0.25, -0.2) is 4.39 Å². The highest BCUT2D eigenvalue weighted by Gasteiger charge is 2.25. The number of carbonyl (C=O) groups is 1. The Hall–Kier alpha value is -3.27. The van der Waals surface area contributed by atoms with E-state index in [0.29, 0.717) is 23.6 Å². The van der Waals surface area contributed by atoms with Crippen LogP contribution in [0.3, 0.4) is 0 Å². The fourth-order valence-corrected chi connectivity index (χ4v) is 3.06. The van der Waals surface area contributed by atoms with E-state index in [4.69, 9.17) is 11.6 Å². The Morgan fingerprint density at radius 1 is 1.28 bits per heavy atom. The number of amides is 1. The first-order valence-corrected chi connectivity index (χ1v) is 9.03. The molecule has 152 valence electrons. The molecule has 2 heterocycles. The van der Waals surface area contributed by atoms with Gasteiger partial charge in [-0.05, 0) is 43.4 Å². The SMILES string of the molecule is Cc1cc(NC(=O)C(C)n2nc([N+](=O)[O-])cc2C)nn1Cc1ccc(F)cc1Cl. The number of aryl methyl sites for hydroxylation is 2. The Kier molecular flexibility index (Phi) is 5.64. The minimum absolute atomic E-state index is 0.287. The van der Waals surface area contributed by atoms with Gasteiger partial charge in [0.2, 0.25) is 0 Å². The van der Waals surface area contributed by atoms with Crippen LogP contribution < -0.4 is 5.32 Å². The van der Waals surface area contributed by atoms with Crippen LogP contribution in [0.1, 0.15) is 29.9 Å². The van der Waals surface area contributed by atoms with Gasteiger partial charge >= 0.3 is 5.82 Å². The molecule has 0 aliphatic carbocycles. The Bertz CT molecular complexity index is 1090. The van der Waals surface area contributed by atoms with Crippen molar-refractivity contribution in [2.45, 2.75) is 33.4 Å². The molecule has 0 fully saturated rings. The fourth-order valence-electron chi connectivity index (χ4n) is 2.84. The monoisotopic (exact) mass is 420 g/mol. The highest BCUT2D eigenvalue weighted by Crippen LogP contribution is 2.21. The number of anilines is 1. The Morgan fingerprint density at radius 3 is 2.62 bits per heavy atom. The molecule has 0 saturated heterocycles. The molecule has 0 radical (unpaired) electrons. The lowest BCUT2D eigenvalue weighted by molar-refractivity contribution is -0.389. The summed E-state index contributed by atoms with van der Waals surface area (Å²) in [4.78, 5) is 22.8. The lowest BCUT2D eigenvalue weighted by Gasteiger charge is -2.10. The van der Waals surface area contributed by atoms with Crippen LogP contribution in [-0.2, 0) is 11.3 Å². The van der Waals surface area contributed by atoms with E-state index in [1.54, 1.807) is 30.7 Å². The highest BCUT2D eigenvalue weighted by atomic mass is 35.5. The van der Waals surface area contributed by atoms with Crippen molar-refractivity contribution in [3.8, 4) is 0 Å². The van der Waals surface area contributed by atoms with Crippen LogP contribution in [0, 0.1) is 29.8 Å². The zero-order valence-corrected chi connectivity index (χ0v) is 16.6. The number of carbonyl (C=O) groups excluding carboxylic acids is 1. The summed E-state index contributed by atoms with van der Waals surface area (Å²) < 4.78 is 16.1. The van der Waals surface area contributed by atoms with Crippen LogP contribution in [0.2, 0.25) is 5.02 Å². The smallest absolute Gasteiger partial charge is 0.358 e. The third kappa shape index (κ3) is 4.43. The van der Waals surface area contributed by atoms with Gasteiger partial charge in [0.05, 0.1) is 23.4 Å². The van der Waals surface area contributed by atoms with Crippen molar-refractivity contribution < 1.29 is 14.1 Å². The van der Waals surface area contributed by atoms with Crippen molar-refractivity contribution in [2.24, 2.45) is 0 Å². The minimum atomic E-state index is -0.777. The Labute approximate surface area is 170 Å². The van der Waals surface area contributed by atoms with Crippen molar-refractivity contribution in [1.29, 1.82) is 0 Å². The molecule has 1 amide bonds. The number of rotatable bonds is 6. The molecular formula is C18H18ClFN6O3. The Balaban J connectivity index is 1.74. The molecule has 1 unspecified atom stereocenters. The van der Waals surface area contributed by atoms with Crippen LogP contribution in [0.5, 0.6) is 0 Å². The van der Waals surface area contributed by atoms with Gasteiger partial charge in [-0.3, -0.25) is 9.48 Å². The van der Waals surface area contributed by atoms with E-state index >= 15 is 0 Å². The second kappa shape index (κ2) is 8.00. The second-order valence-corrected chi connectivity index (χ2v) is 6.98. The van der Waals surface area contributed by atoms with E-state index in [0.717, 1.165) is 5.69 Å². The van der Waals surface area contributed by atoms with Gasteiger partial charge in [-0.2, -0.15) is 9.78 Å². The number of hydrogen-bond acceptors (Lipinski definition) is 5. The summed E-state index contributed by atoms with van der Waals surface area (Å²) in [5, 5.41) is 22.0. The highest BCUT2D eigenvalue weighted by molar-refractivity contribution is 6.31. The zero-order chi connectivity index (χ0) is 21.3.